The number of aromatic nitrogens is 2. The van der Waals surface area contributed by atoms with Gasteiger partial charge in [-0.1, -0.05) is 172 Å². The van der Waals surface area contributed by atoms with E-state index in [4.69, 9.17) is 9.97 Å². The molecule has 0 radical (unpaired) electrons. The smallest absolute Gasteiger partial charge is 0.161 e. The normalized spacial score (nSPS) is 13.1. The van der Waals surface area contributed by atoms with Gasteiger partial charge in [-0.05, 0) is 77.8 Å². The SMILES string of the molecule is CC1(C)c2ccc3ccccc3c2-c2cccc(-c3ccc(-c4nc(-c5ccccc5)cc(-c5cccc6ccccc56)n4)c4ccccc34)c21. The molecule has 10 rings (SSSR count). The maximum Gasteiger partial charge on any atom is 0.161 e. The van der Waals surface area contributed by atoms with Crippen LogP contribution in [-0.2, 0) is 5.41 Å². The van der Waals surface area contributed by atoms with E-state index >= 15 is 0 Å². The molecular weight excluding hydrogens is 617 g/mol. The maximum atomic E-state index is 5.33. The van der Waals surface area contributed by atoms with E-state index in [1.54, 1.807) is 0 Å². The Balaban J connectivity index is 1.20. The molecule has 0 spiro atoms. The second-order valence-electron chi connectivity index (χ2n) is 14.1. The van der Waals surface area contributed by atoms with E-state index in [0.29, 0.717) is 0 Å². The number of rotatable bonds is 4. The third kappa shape index (κ3) is 4.57. The molecule has 0 saturated heterocycles. The summed E-state index contributed by atoms with van der Waals surface area (Å²) in [5.74, 6) is 0.722. The van der Waals surface area contributed by atoms with Gasteiger partial charge in [0, 0.05) is 22.1 Å². The summed E-state index contributed by atoms with van der Waals surface area (Å²) in [4.78, 5) is 10.6. The molecule has 2 nitrogen and oxygen atoms in total. The lowest BCUT2D eigenvalue weighted by atomic mass is 9.78. The van der Waals surface area contributed by atoms with Crippen LogP contribution in [-0.4, -0.2) is 9.97 Å². The summed E-state index contributed by atoms with van der Waals surface area (Å²) in [7, 11) is 0. The van der Waals surface area contributed by atoms with E-state index < -0.39 is 0 Å². The molecule has 0 atom stereocenters. The highest BCUT2D eigenvalue weighted by Crippen LogP contribution is 2.55. The average Bonchev–Trinajstić information content (AvgIpc) is 3.43. The van der Waals surface area contributed by atoms with Gasteiger partial charge in [0.25, 0.3) is 0 Å². The lowest BCUT2D eigenvalue weighted by Crippen LogP contribution is -2.16. The quantitative estimate of drug-likeness (QED) is 0.189. The van der Waals surface area contributed by atoms with Gasteiger partial charge in [0.15, 0.2) is 5.82 Å². The van der Waals surface area contributed by atoms with Crippen molar-refractivity contribution in [2.24, 2.45) is 0 Å². The van der Waals surface area contributed by atoms with Crippen molar-refractivity contribution in [2.45, 2.75) is 19.3 Å². The van der Waals surface area contributed by atoms with Crippen molar-refractivity contribution < 1.29 is 0 Å². The first-order chi connectivity index (χ1) is 25.1. The van der Waals surface area contributed by atoms with Crippen LogP contribution < -0.4 is 0 Å². The fourth-order valence-electron chi connectivity index (χ4n) is 8.52. The highest BCUT2D eigenvalue weighted by molar-refractivity contribution is 6.08. The molecule has 240 valence electrons. The standard InChI is InChI=1S/C49H34N2/c1-49(2)43-29-26-32-15-7-9-20-35(32)46(43)42-25-13-24-40(47(42)49)38-27-28-41(37-22-11-10-21-36(37)38)48-50-44(33-16-4-3-5-17-33)30-45(51-48)39-23-12-18-31-14-6-8-19-34(31)39/h3-30H,1-2H3. The number of fused-ring (bicyclic) bond motifs is 7. The van der Waals surface area contributed by atoms with Crippen LogP contribution in [0, 0.1) is 0 Å². The van der Waals surface area contributed by atoms with Crippen LogP contribution in [0.4, 0.5) is 0 Å². The Hall–Kier alpha value is -6.38. The Morgan fingerprint density at radius 2 is 0.961 bits per heavy atom. The van der Waals surface area contributed by atoms with E-state index in [1.807, 2.05) is 6.07 Å². The van der Waals surface area contributed by atoms with Gasteiger partial charge >= 0.3 is 0 Å². The van der Waals surface area contributed by atoms with Crippen LogP contribution in [0.1, 0.15) is 25.0 Å². The van der Waals surface area contributed by atoms with Crippen molar-refractivity contribution in [1.29, 1.82) is 0 Å². The molecule has 9 aromatic rings. The molecule has 0 aliphatic heterocycles. The summed E-state index contributed by atoms with van der Waals surface area (Å²) in [6.45, 7) is 4.76. The van der Waals surface area contributed by atoms with Crippen LogP contribution in [0.25, 0.3) is 88.5 Å². The first-order valence-corrected chi connectivity index (χ1v) is 17.7. The monoisotopic (exact) mass is 650 g/mol. The summed E-state index contributed by atoms with van der Waals surface area (Å²) in [6.07, 6.45) is 0. The second-order valence-corrected chi connectivity index (χ2v) is 14.1. The summed E-state index contributed by atoms with van der Waals surface area (Å²) in [5.41, 5.74) is 12.8. The van der Waals surface area contributed by atoms with Crippen LogP contribution in [0.5, 0.6) is 0 Å². The van der Waals surface area contributed by atoms with Crippen molar-refractivity contribution in [1.82, 2.24) is 9.97 Å². The Kier molecular flexibility index (Phi) is 6.56. The Bertz CT molecular complexity index is 2820. The van der Waals surface area contributed by atoms with E-state index in [9.17, 15) is 0 Å². The van der Waals surface area contributed by atoms with Gasteiger partial charge in [-0.25, -0.2) is 9.97 Å². The fraction of sp³-hybridized carbons (Fsp3) is 0.0612. The van der Waals surface area contributed by atoms with E-state index in [2.05, 4.69) is 178 Å². The van der Waals surface area contributed by atoms with Gasteiger partial charge in [0.05, 0.1) is 11.4 Å². The minimum atomic E-state index is -0.161. The Morgan fingerprint density at radius 3 is 1.76 bits per heavy atom. The van der Waals surface area contributed by atoms with Crippen molar-refractivity contribution >= 4 is 32.3 Å². The zero-order chi connectivity index (χ0) is 34.1. The zero-order valence-corrected chi connectivity index (χ0v) is 28.6. The molecule has 0 unspecified atom stereocenters. The van der Waals surface area contributed by atoms with Gasteiger partial charge in [0.2, 0.25) is 0 Å². The molecule has 2 heteroatoms. The molecule has 0 saturated carbocycles. The lowest BCUT2D eigenvalue weighted by Gasteiger charge is -2.25. The Morgan fingerprint density at radius 1 is 0.392 bits per heavy atom. The fourth-order valence-corrected chi connectivity index (χ4v) is 8.52. The molecule has 1 aromatic heterocycles. The van der Waals surface area contributed by atoms with Gasteiger partial charge in [-0.3, -0.25) is 0 Å². The minimum Gasteiger partial charge on any atom is -0.228 e. The Labute approximate surface area is 297 Å². The molecule has 8 aromatic carbocycles. The van der Waals surface area contributed by atoms with Gasteiger partial charge < -0.3 is 0 Å². The molecular formula is C49H34N2. The van der Waals surface area contributed by atoms with Crippen LogP contribution >= 0.6 is 0 Å². The number of hydrogen-bond donors (Lipinski definition) is 0. The first kappa shape index (κ1) is 29.5. The highest BCUT2D eigenvalue weighted by atomic mass is 14.9. The third-order valence-corrected chi connectivity index (χ3v) is 10.9. The van der Waals surface area contributed by atoms with Crippen molar-refractivity contribution in [3.8, 4) is 56.2 Å². The van der Waals surface area contributed by atoms with Gasteiger partial charge in [-0.15, -0.1) is 0 Å². The van der Waals surface area contributed by atoms with Crippen molar-refractivity contribution in [3.05, 3.63) is 181 Å². The van der Waals surface area contributed by atoms with Crippen molar-refractivity contribution in [2.75, 3.05) is 0 Å². The van der Waals surface area contributed by atoms with E-state index in [-0.39, 0.29) is 5.41 Å². The number of hydrogen-bond acceptors (Lipinski definition) is 2. The zero-order valence-electron chi connectivity index (χ0n) is 28.6. The molecule has 1 aliphatic rings. The first-order valence-electron chi connectivity index (χ1n) is 17.7. The number of benzene rings is 8. The minimum absolute atomic E-state index is 0.161. The summed E-state index contributed by atoms with van der Waals surface area (Å²) < 4.78 is 0. The predicted molar refractivity (Wildman–Crippen MR) is 214 cm³/mol. The van der Waals surface area contributed by atoms with Gasteiger partial charge in [0.1, 0.15) is 0 Å². The van der Waals surface area contributed by atoms with E-state index in [1.165, 1.54) is 60.3 Å². The molecule has 1 heterocycles. The van der Waals surface area contributed by atoms with Crippen LogP contribution in [0.2, 0.25) is 0 Å². The van der Waals surface area contributed by atoms with Crippen molar-refractivity contribution in [3.63, 3.8) is 0 Å². The van der Waals surface area contributed by atoms with Crippen LogP contribution in [0.3, 0.4) is 0 Å². The highest BCUT2D eigenvalue weighted by Gasteiger charge is 2.38. The summed E-state index contributed by atoms with van der Waals surface area (Å²) in [5, 5.41) is 7.30. The maximum absolute atomic E-state index is 5.33. The molecule has 0 bridgehead atoms. The topological polar surface area (TPSA) is 25.8 Å². The largest absolute Gasteiger partial charge is 0.228 e. The third-order valence-electron chi connectivity index (χ3n) is 10.9. The molecule has 1 aliphatic carbocycles. The summed E-state index contributed by atoms with van der Waals surface area (Å²) >= 11 is 0. The lowest BCUT2D eigenvalue weighted by molar-refractivity contribution is 0.662. The molecule has 51 heavy (non-hydrogen) atoms. The van der Waals surface area contributed by atoms with Gasteiger partial charge in [-0.2, -0.15) is 0 Å². The molecule has 0 N–H and O–H groups in total. The molecule has 0 fully saturated rings. The average molecular weight is 651 g/mol. The van der Waals surface area contributed by atoms with E-state index in [0.717, 1.165) is 39.3 Å². The number of nitrogens with zero attached hydrogens (tertiary/aromatic N) is 2. The predicted octanol–water partition coefficient (Wildman–Crippen LogP) is 12.9. The molecule has 0 amide bonds. The summed E-state index contributed by atoms with van der Waals surface area (Å²) in [6, 6.07) is 61.1. The van der Waals surface area contributed by atoms with Crippen LogP contribution in [0.15, 0.2) is 170 Å². The second kappa shape index (κ2) is 11.3.